The quantitative estimate of drug-likeness (QED) is 0.658. The zero-order valence-corrected chi connectivity index (χ0v) is 11.8. The van der Waals surface area contributed by atoms with Crippen molar-refractivity contribution in [1.29, 1.82) is 0 Å². The number of rotatable bonds is 4. The standard InChI is InChI=1S/C13H20N4O3/c1-9-12(17(18)19)3-4-13(15-9)16-6-5-11(20-2)7-10(16)8-14/h3-4,10-11H,5-8,14H2,1-2H3. The average Bonchev–Trinajstić information content (AvgIpc) is 2.46. The normalized spacial score (nSPS) is 22.9. The van der Waals surface area contributed by atoms with E-state index in [1.54, 1.807) is 20.1 Å². The van der Waals surface area contributed by atoms with E-state index in [4.69, 9.17) is 10.5 Å². The Morgan fingerprint density at radius 1 is 1.60 bits per heavy atom. The highest BCUT2D eigenvalue weighted by molar-refractivity contribution is 5.48. The van der Waals surface area contributed by atoms with E-state index < -0.39 is 4.92 Å². The summed E-state index contributed by atoms with van der Waals surface area (Å²) in [5.41, 5.74) is 6.30. The molecule has 2 atom stereocenters. The molecule has 1 aliphatic rings. The number of hydrogen-bond donors (Lipinski definition) is 1. The summed E-state index contributed by atoms with van der Waals surface area (Å²) in [6.07, 6.45) is 1.98. The summed E-state index contributed by atoms with van der Waals surface area (Å²) in [7, 11) is 1.71. The molecule has 1 aromatic heterocycles. The van der Waals surface area contributed by atoms with E-state index in [0.29, 0.717) is 12.2 Å². The van der Waals surface area contributed by atoms with Crippen molar-refractivity contribution in [2.24, 2.45) is 5.73 Å². The number of hydrogen-bond acceptors (Lipinski definition) is 6. The van der Waals surface area contributed by atoms with Crippen LogP contribution in [0.5, 0.6) is 0 Å². The number of nitrogens with two attached hydrogens (primary N) is 1. The zero-order valence-electron chi connectivity index (χ0n) is 11.8. The van der Waals surface area contributed by atoms with Crippen LogP contribution in [-0.4, -0.2) is 42.3 Å². The second kappa shape index (κ2) is 6.15. The topological polar surface area (TPSA) is 94.5 Å². The van der Waals surface area contributed by atoms with Crippen molar-refractivity contribution >= 4 is 11.5 Å². The predicted octanol–water partition coefficient (Wildman–Crippen LogP) is 1.24. The molecule has 2 heterocycles. The first-order chi connectivity index (χ1) is 9.56. The number of nitro groups is 1. The fourth-order valence-electron chi connectivity index (χ4n) is 2.65. The summed E-state index contributed by atoms with van der Waals surface area (Å²) in [6.45, 7) is 2.96. The van der Waals surface area contributed by atoms with Gasteiger partial charge in [-0.25, -0.2) is 4.98 Å². The lowest BCUT2D eigenvalue weighted by molar-refractivity contribution is -0.385. The van der Waals surface area contributed by atoms with Crippen LogP contribution in [0.25, 0.3) is 0 Å². The van der Waals surface area contributed by atoms with Crippen LogP contribution in [0.3, 0.4) is 0 Å². The Labute approximate surface area is 117 Å². The third kappa shape index (κ3) is 2.88. The summed E-state index contributed by atoms with van der Waals surface area (Å²) in [6, 6.07) is 3.36. The van der Waals surface area contributed by atoms with Crippen molar-refractivity contribution in [3.8, 4) is 0 Å². The SMILES string of the molecule is COC1CCN(c2ccc([N+](=O)[O-])c(C)n2)C(CN)C1. The van der Waals surface area contributed by atoms with Gasteiger partial charge < -0.3 is 15.4 Å². The van der Waals surface area contributed by atoms with Crippen molar-refractivity contribution in [3.05, 3.63) is 27.9 Å². The molecule has 0 aromatic carbocycles. The molecule has 0 saturated carbocycles. The van der Waals surface area contributed by atoms with Gasteiger partial charge in [0.15, 0.2) is 0 Å². The molecule has 0 amide bonds. The smallest absolute Gasteiger partial charge is 0.290 e. The molecule has 20 heavy (non-hydrogen) atoms. The predicted molar refractivity (Wildman–Crippen MR) is 75.8 cm³/mol. The Hall–Kier alpha value is -1.73. The van der Waals surface area contributed by atoms with Crippen molar-refractivity contribution in [3.63, 3.8) is 0 Å². The lowest BCUT2D eigenvalue weighted by Gasteiger charge is -2.39. The van der Waals surface area contributed by atoms with E-state index in [2.05, 4.69) is 9.88 Å². The molecule has 0 radical (unpaired) electrons. The lowest BCUT2D eigenvalue weighted by atomic mass is 9.99. The monoisotopic (exact) mass is 280 g/mol. The van der Waals surface area contributed by atoms with Crippen LogP contribution in [0.4, 0.5) is 11.5 Å². The molecule has 7 nitrogen and oxygen atoms in total. The van der Waals surface area contributed by atoms with Crippen molar-refractivity contribution in [1.82, 2.24) is 4.98 Å². The molecule has 110 valence electrons. The zero-order chi connectivity index (χ0) is 14.7. The second-order valence-corrected chi connectivity index (χ2v) is 5.00. The number of piperidine rings is 1. The molecular formula is C13H20N4O3. The van der Waals surface area contributed by atoms with Gasteiger partial charge in [0.25, 0.3) is 5.69 Å². The Balaban J connectivity index is 2.22. The number of aromatic nitrogens is 1. The summed E-state index contributed by atoms with van der Waals surface area (Å²) in [5.74, 6) is 0.748. The van der Waals surface area contributed by atoms with Gasteiger partial charge in [0, 0.05) is 32.3 Å². The molecular weight excluding hydrogens is 260 g/mol. The van der Waals surface area contributed by atoms with Crippen LogP contribution in [0.1, 0.15) is 18.5 Å². The van der Waals surface area contributed by atoms with E-state index in [1.807, 2.05) is 0 Å². The Morgan fingerprint density at radius 3 is 2.90 bits per heavy atom. The van der Waals surface area contributed by atoms with Crippen LogP contribution in [0.15, 0.2) is 12.1 Å². The van der Waals surface area contributed by atoms with Crippen LogP contribution < -0.4 is 10.6 Å². The highest BCUT2D eigenvalue weighted by Crippen LogP contribution is 2.27. The van der Waals surface area contributed by atoms with Gasteiger partial charge in [0.05, 0.1) is 11.0 Å². The Kier molecular flexibility index (Phi) is 4.51. The molecule has 1 aromatic rings. The maximum atomic E-state index is 10.8. The first kappa shape index (κ1) is 14.7. The van der Waals surface area contributed by atoms with Gasteiger partial charge >= 0.3 is 0 Å². The van der Waals surface area contributed by atoms with E-state index >= 15 is 0 Å². The summed E-state index contributed by atoms with van der Waals surface area (Å²) in [5, 5.41) is 10.8. The van der Waals surface area contributed by atoms with Crippen molar-refractivity contribution in [2.75, 3.05) is 25.1 Å². The van der Waals surface area contributed by atoms with Gasteiger partial charge in [-0.1, -0.05) is 0 Å². The van der Waals surface area contributed by atoms with Gasteiger partial charge in [0.2, 0.25) is 0 Å². The third-order valence-corrected chi connectivity index (χ3v) is 3.81. The molecule has 0 aliphatic carbocycles. The molecule has 2 rings (SSSR count). The highest BCUT2D eigenvalue weighted by atomic mass is 16.6. The minimum absolute atomic E-state index is 0.0461. The van der Waals surface area contributed by atoms with Crippen LogP contribution in [0.2, 0.25) is 0 Å². The molecule has 0 bridgehead atoms. The maximum Gasteiger partial charge on any atom is 0.290 e. The van der Waals surface area contributed by atoms with E-state index in [-0.39, 0.29) is 17.8 Å². The Morgan fingerprint density at radius 2 is 2.35 bits per heavy atom. The van der Waals surface area contributed by atoms with Crippen molar-refractivity contribution < 1.29 is 9.66 Å². The van der Waals surface area contributed by atoms with Crippen LogP contribution in [0, 0.1) is 17.0 Å². The summed E-state index contributed by atoms with van der Waals surface area (Å²) >= 11 is 0. The molecule has 7 heteroatoms. The molecule has 0 spiro atoms. The highest BCUT2D eigenvalue weighted by Gasteiger charge is 2.29. The molecule has 1 saturated heterocycles. The first-order valence-corrected chi connectivity index (χ1v) is 6.68. The number of methoxy groups -OCH3 is 1. The fraction of sp³-hybridized carbons (Fsp3) is 0.615. The van der Waals surface area contributed by atoms with Gasteiger partial charge in [-0.05, 0) is 25.8 Å². The van der Waals surface area contributed by atoms with E-state index in [0.717, 1.165) is 25.2 Å². The van der Waals surface area contributed by atoms with Gasteiger partial charge in [-0.3, -0.25) is 10.1 Å². The Bertz CT molecular complexity index is 495. The molecule has 2 N–H and O–H groups in total. The van der Waals surface area contributed by atoms with E-state index in [1.165, 1.54) is 6.07 Å². The van der Waals surface area contributed by atoms with Gasteiger partial charge in [-0.15, -0.1) is 0 Å². The lowest BCUT2D eigenvalue weighted by Crippen LogP contribution is -2.49. The fourth-order valence-corrected chi connectivity index (χ4v) is 2.65. The summed E-state index contributed by atoms with van der Waals surface area (Å²) in [4.78, 5) is 16.9. The van der Waals surface area contributed by atoms with Gasteiger partial charge in [0.1, 0.15) is 11.5 Å². The second-order valence-electron chi connectivity index (χ2n) is 5.00. The molecule has 2 unspecified atom stereocenters. The number of aryl methyl sites for hydroxylation is 1. The number of pyridine rings is 1. The minimum Gasteiger partial charge on any atom is -0.381 e. The average molecular weight is 280 g/mol. The number of ether oxygens (including phenoxy) is 1. The van der Waals surface area contributed by atoms with Crippen molar-refractivity contribution in [2.45, 2.75) is 31.9 Å². The van der Waals surface area contributed by atoms with Crippen LogP contribution in [-0.2, 0) is 4.74 Å². The summed E-state index contributed by atoms with van der Waals surface area (Å²) < 4.78 is 5.39. The largest absolute Gasteiger partial charge is 0.381 e. The first-order valence-electron chi connectivity index (χ1n) is 6.68. The maximum absolute atomic E-state index is 10.8. The van der Waals surface area contributed by atoms with E-state index in [9.17, 15) is 10.1 Å². The third-order valence-electron chi connectivity index (χ3n) is 3.81. The number of anilines is 1. The number of nitrogens with zero attached hydrogens (tertiary/aromatic N) is 3. The molecule has 1 fully saturated rings. The minimum atomic E-state index is -0.413. The van der Waals surface area contributed by atoms with Crippen LogP contribution >= 0.6 is 0 Å². The molecule has 1 aliphatic heterocycles. The van der Waals surface area contributed by atoms with Gasteiger partial charge in [-0.2, -0.15) is 0 Å².